The van der Waals surface area contributed by atoms with Crippen LogP contribution in [0.4, 0.5) is 0 Å². The third kappa shape index (κ3) is 4.98. The summed E-state index contributed by atoms with van der Waals surface area (Å²) in [6.07, 6.45) is 8.68. The minimum Gasteiger partial charge on any atom is -0.347 e. The first-order valence-corrected chi connectivity index (χ1v) is 10.3. The Morgan fingerprint density at radius 2 is 1.84 bits per heavy atom. The number of nitrogens with zero attached hydrogens (tertiary/aromatic N) is 3. The normalized spacial score (nSPS) is 11.3. The first kappa shape index (κ1) is 20.3. The molecule has 0 bridgehead atoms. The van der Waals surface area contributed by atoms with Crippen molar-refractivity contribution in [1.82, 2.24) is 14.6 Å². The van der Waals surface area contributed by atoms with Crippen LogP contribution in [0.2, 0.25) is 0 Å². The monoisotopic (exact) mass is 412 g/mol. The molecule has 156 valence electrons. The molecule has 0 spiro atoms. The Morgan fingerprint density at radius 1 is 1.00 bits per heavy atom. The number of hydrogen-bond donors (Lipinski definition) is 1. The summed E-state index contributed by atoms with van der Waals surface area (Å²) in [6.45, 7) is 2.29. The number of hydrogen-bond acceptors (Lipinski definition) is 3. The quantitative estimate of drug-likeness (QED) is 0.262. The predicted molar refractivity (Wildman–Crippen MR) is 123 cm³/mol. The van der Waals surface area contributed by atoms with Gasteiger partial charge in [-0.15, -0.1) is 0 Å². The Balaban J connectivity index is 1.28. The van der Waals surface area contributed by atoms with Gasteiger partial charge in [0.1, 0.15) is 0 Å². The summed E-state index contributed by atoms with van der Waals surface area (Å²) in [5.74, 6) is -0.0588. The van der Waals surface area contributed by atoms with Gasteiger partial charge in [0.05, 0.1) is 6.21 Å². The number of carbonyl (C=O) groups excluding carboxylic acids is 2. The second-order valence-corrected chi connectivity index (χ2v) is 7.42. The average Bonchev–Trinajstić information content (AvgIpc) is 3.44. The molecular formula is C25H24N4O2. The van der Waals surface area contributed by atoms with Crippen LogP contribution in [-0.4, -0.2) is 27.0 Å². The Bertz CT molecular complexity index is 1240. The number of fused-ring (bicyclic) bond motifs is 1. The molecular weight excluding hydrogens is 388 g/mol. The van der Waals surface area contributed by atoms with E-state index in [1.165, 1.54) is 0 Å². The standard InChI is InChI=1S/C25H24N4O2/c1-19(30)21-9-10-24-22(17-21)11-15-29(24)14-5-8-25(31)27-26-18-20-6-4-7-23(16-20)28-12-2-3-13-28/h2-4,6-7,9-13,15-18H,5,8,14H2,1H3,(H,27,31)/b26-18+. The van der Waals surface area contributed by atoms with Crippen LogP contribution in [0.25, 0.3) is 16.6 Å². The fourth-order valence-corrected chi connectivity index (χ4v) is 3.53. The number of benzene rings is 2. The molecule has 0 unspecified atom stereocenters. The Hall–Kier alpha value is -3.93. The van der Waals surface area contributed by atoms with Gasteiger partial charge in [-0.25, -0.2) is 5.43 Å². The molecule has 0 aliphatic carbocycles. The maximum absolute atomic E-state index is 12.1. The molecule has 0 saturated carbocycles. The number of aromatic nitrogens is 2. The number of rotatable bonds is 8. The van der Waals surface area contributed by atoms with E-state index < -0.39 is 0 Å². The summed E-state index contributed by atoms with van der Waals surface area (Å²) in [5.41, 5.74) is 6.32. The van der Waals surface area contributed by atoms with Crippen molar-refractivity contribution in [2.24, 2.45) is 5.10 Å². The number of Topliss-reactive ketones (excluding diaryl/α,β-unsaturated/α-hetero) is 1. The van der Waals surface area contributed by atoms with E-state index in [2.05, 4.69) is 15.1 Å². The lowest BCUT2D eigenvalue weighted by atomic mass is 10.1. The molecule has 1 N–H and O–H groups in total. The highest BCUT2D eigenvalue weighted by Gasteiger charge is 2.06. The molecule has 0 atom stereocenters. The highest BCUT2D eigenvalue weighted by molar-refractivity contribution is 5.98. The summed E-state index contributed by atoms with van der Waals surface area (Å²) in [4.78, 5) is 23.6. The van der Waals surface area contributed by atoms with E-state index >= 15 is 0 Å². The molecule has 6 heteroatoms. The molecule has 4 aromatic rings. The number of aryl methyl sites for hydroxylation is 1. The smallest absolute Gasteiger partial charge is 0.240 e. The summed E-state index contributed by atoms with van der Waals surface area (Å²) >= 11 is 0. The SMILES string of the molecule is CC(=O)c1ccc2c(ccn2CCCC(=O)N/N=C/c2cccc(-n3cccc3)c2)c1. The maximum Gasteiger partial charge on any atom is 0.240 e. The second kappa shape index (κ2) is 9.26. The molecule has 1 amide bonds. The van der Waals surface area contributed by atoms with Crippen molar-refractivity contribution >= 4 is 28.8 Å². The van der Waals surface area contributed by atoms with E-state index in [0.717, 1.165) is 28.7 Å². The summed E-state index contributed by atoms with van der Waals surface area (Å²) in [6, 6.07) is 19.6. The Kier molecular flexibility index (Phi) is 6.08. The molecule has 2 aromatic heterocycles. The number of ketones is 1. The van der Waals surface area contributed by atoms with Gasteiger partial charge in [0, 0.05) is 53.7 Å². The number of hydrazone groups is 1. The van der Waals surface area contributed by atoms with Crippen LogP contribution >= 0.6 is 0 Å². The van der Waals surface area contributed by atoms with E-state index in [-0.39, 0.29) is 11.7 Å². The van der Waals surface area contributed by atoms with Gasteiger partial charge in [-0.05, 0) is 67.4 Å². The number of carbonyl (C=O) groups is 2. The van der Waals surface area contributed by atoms with Gasteiger partial charge in [0.2, 0.25) is 5.91 Å². The van der Waals surface area contributed by atoms with Crippen LogP contribution in [0, 0.1) is 0 Å². The van der Waals surface area contributed by atoms with Crippen molar-refractivity contribution < 1.29 is 9.59 Å². The van der Waals surface area contributed by atoms with Gasteiger partial charge in [-0.3, -0.25) is 9.59 Å². The fraction of sp³-hybridized carbons (Fsp3) is 0.160. The maximum atomic E-state index is 12.1. The van der Waals surface area contributed by atoms with Crippen LogP contribution in [-0.2, 0) is 11.3 Å². The fourth-order valence-electron chi connectivity index (χ4n) is 3.53. The Labute approximate surface area is 180 Å². The van der Waals surface area contributed by atoms with Gasteiger partial charge >= 0.3 is 0 Å². The van der Waals surface area contributed by atoms with Crippen LogP contribution < -0.4 is 5.43 Å². The van der Waals surface area contributed by atoms with Gasteiger partial charge < -0.3 is 9.13 Å². The van der Waals surface area contributed by atoms with Gasteiger partial charge in [0.15, 0.2) is 5.78 Å². The molecule has 0 fully saturated rings. The molecule has 0 aliphatic rings. The second-order valence-electron chi connectivity index (χ2n) is 7.42. The van der Waals surface area contributed by atoms with E-state index in [0.29, 0.717) is 18.4 Å². The van der Waals surface area contributed by atoms with Crippen LogP contribution in [0.3, 0.4) is 0 Å². The number of nitrogens with one attached hydrogen (secondary N) is 1. The first-order valence-electron chi connectivity index (χ1n) is 10.3. The lowest BCUT2D eigenvalue weighted by molar-refractivity contribution is -0.121. The molecule has 2 aromatic carbocycles. The van der Waals surface area contributed by atoms with E-state index in [1.54, 1.807) is 13.1 Å². The largest absolute Gasteiger partial charge is 0.347 e. The lowest BCUT2D eigenvalue weighted by Crippen LogP contribution is -2.17. The highest BCUT2D eigenvalue weighted by Crippen LogP contribution is 2.19. The highest BCUT2D eigenvalue weighted by atomic mass is 16.2. The van der Waals surface area contributed by atoms with Crippen molar-refractivity contribution in [2.75, 3.05) is 0 Å². The Morgan fingerprint density at radius 3 is 2.65 bits per heavy atom. The van der Waals surface area contributed by atoms with Crippen LogP contribution in [0.1, 0.15) is 35.7 Å². The van der Waals surface area contributed by atoms with E-state index in [1.807, 2.05) is 83.8 Å². The topological polar surface area (TPSA) is 68.4 Å². The van der Waals surface area contributed by atoms with Crippen LogP contribution in [0.15, 0.2) is 84.4 Å². The van der Waals surface area contributed by atoms with Gasteiger partial charge in [-0.2, -0.15) is 5.10 Å². The van der Waals surface area contributed by atoms with Gasteiger partial charge in [-0.1, -0.05) is 12.1 Å². The van der Waals surface area contributed by atoms with Crippen molar-refractivity contribution in [3.63, 3.8) is 0 Å². The molecule has 31 heavy (non-hydrogen) atoms. The summed E-state index contributed by atoms with van der Waals surface area (Å²) in [7, 11) is 0. The van der Waals surface area contributed by atoms with Gasteiger partial charge in [0.25, 0.3) is 0 Å². The number of amides is 1. The van der Waals surface area contributed by atoms with E-state index in [9.17, 15) is 9.59 Å². The zero-order chi connectivity index (χ0) is 21.6. The average molecular weight is 412 g/mol. The molecule has 2 heterocycles. The predicted octanol–water partition coefficient (Wildman–Crippen LogP) is 4.57. The molecule has 4 rings (SSSR count). The van der Waals surface area contributed by atoms with Crippen molar-refractivity contribution in [3.05, 3.63) is 90.4 Å². The third-order valence-electron chi connectivity index (χ3n) is 5.16. The lowest BCUT2D eigenvalue weighted by Gasteiger charge is -2.06. The van der Waals surface area contributed by atoms with E-state index in [4.69, 9.17) is 0 Å². The van der Waals surface area contributed by atoms with Crippen molar-refractivity contribution in [3.8, 4) is 5.69 Å². The molecule has 0 saturated heterocycles. The van der Waals surface area contributed by atoms with Crippen LogP contribution in [0.5, 0.6) is 0 Å². The molecule has 6 nitrogen and oxygen atoms in total. The summed E-state index contributed by atoms with van der Waals surface area (Å²) in [5, 5.41) is 5.11. The van der Waals surface area contributed by atoms with Crippen molar-refractivity contribution in [2.45, 2.75) is 26.3 Å². The zero-order valence-corrected chi connectivity index (χ0v) is 17.4. The third-order valence-corrected chi connectivity index (χ3v) is 5.16. The minimum atomic E-state index is -0.117. The minimum absolute atomic E-state index is 0.0586. The molecule has 0 aliphatic heterocycles. The first-order chi connectivity index (χ1) is 15.1. The summed E-state index contributed by atoms with van der Waals surface area (Å²) < 4.78 is 4.12. The zero-order valence-electron chi connectivity index (χ0n) is 17.4. The molecule has 0 radical (unpaired) electrons. The van der Waals surface area contributed by atoms with Crippen molar-refractivity contribution in [1.29, 1.82) is 0 Å².